The molecule has 2 aromatic rings. The van der Waals surface area contributed by atoms with E-state index in [2.05, 4.69) is 15.0 Å². The van der Waals surface area contributed by atoms with Crippen LogP contribution >= 0.6 is 0 Å². The molecule has 0 radical (unpaired) electrons. The molecule has 0 amide bonds. The van der Waals surface area contributed by atoms with E-state index in [9.17, 15) is 4.79 Å². The first-order valence-electron chi connectivity index (χ1n) is 5.14. The molecule has 1 aromatic carbocycles. The molecule has 1 fully saturated rings. The van der Waals surface area contributed by atoms with Crippen molar-refractivity contribution in [2.24, 2.45) is 4.99 Å². The summed E-state index contributed by atoms with van der Waals surface area (Å²) in [6.45, 7) is 0. The highest BCUT2D eigenvalue weighted by Crippen LogP contribution is 2.49. The SMILES string of the molecule is O=C=NC1(c2ccc3nccnc3c2)CC1. The minimum Gasteiger partial charge on any atom is -0.253 e. The van der Waals surface area contributed by atoms with Gasteiger partial charge in [-0.05, 0) is 30.5 Å². The molecule has 1 aromatic heterocycles. The highest BCUT2D eigenvalue weighted by molar-refractivity contribution is 5.75. The summed E-state index contributed by atoms with van der Waals surface area (Å²) >= 11 is 0. The third-order valence-electron chi connectivity index (χ3n) is 2.99. The second kappa shape index (κ2) is 3.22. The lowest BCUT2D eigenvalue weighted by Crippen LogP contribution is -2.02. The van der Waals surface area contributed by atoms with Gasteiger partial charge >= 0.3 is 0 Å². The smallest absolute Gasteiger partial charge is 0.235 e. The van der Waals surface area contributed by atoms with Gasteiger partial charge in [0.05, 0.1) is 16.6 Å². The van der Waals surface area contributed by atoms with Gasteiger partial charge in [-0.2, -0.15) is 4.99 Å². The lowest BCUT2D eigenvalue weighted by Gasteiger charge is -2.08. The van der Waals surface area contributed by atoms with Crippen LogP contribution in [0.4, 0.5) is 0 Å². The van der Waals surface area contributed by atoms with Crippen LogP contribution in [0.1, 0.15) is 18.4 Å². The lowest BCUT2D eigenvalue weighted by atomic mass is 10.0. The first-order valence-corrected chi connectivity index (χ1v) is 5.14. The Kier molecular flexibility index (Phi) is 1.85. The summed E-state index contributed by atoms with van der Waals surface area (Å²) in [7, 11) is 0. The van der Waals surface area contributed by atoms with Crippen molar-refractivity contribution in [2.75, 3.05) is 0 Å². The second-order valence-corrected chi connectivity index (χ2v) is 3.99. The van der Waals surface area contributed by atoms with Gasteiger partial charge in [0.2, 0.25) is 6.08 Å². The van der Waals surface area contributed by atoms with E-state index in [1.165, 1.54) is 0 Å². The van der Waals surface area contributed by atoms with Gasteiger partial charge in [0.25, 0.3) is 0 Å². The molecule has 4 nitrogen and oxygen atoms in total. The van der Waals surface area contributed by atoms with E-state index in [4.69, 9.17) is 0 Å². The number of benzene rings is 1. The van der Waals surface area contributed by atoms with E-state index in [0.717, 1.165) is 29.4 Å². The number of aromatic nitrogens is 2. The standard InChI is InChI=1S/C12H9N3O/c16-8-15-12(3-4-12)9-1-2-10-11(7-9)14-6-5-13-10/h1-2,5-7H,3-4H2. The maximum absolute atomic E-state index is 10.4. The Hall–Kier alpha value is -2.06. The number of carbonyl (C=O) groups excluding carboxylic acids is 1. The van der Waals surface area contributed by atoms with Gasteiger partial charge in [-0.15, -0.1) is 0 Å². The van der Waals surface area contributed by atoms with Crippen LogP contribution in [0, 0.1) is 0 Å². The largest absolute Gasteiger partial charge is 0.253 e. The van der Waals surface area contributed by atoms with Crippen molar-refractivity contribution in [3.8, 4) is 0 Å². The molecule has 0 saturated heterocycles. The fourth-order valence-electron chi connectivity index (χ4n) is 1.92. The number of rotatable bonds is 2. The van der Waals surface area contributed by atoms with E-state index in [0.29, 0.717) is 0 Å². The summed E-state index contributed by atoms with van der Waals surface area (Å²) < 4.78 is 0. The van der Waals surface area contributed by atoms with Gasteiger partial charge in [0.1, 0.15) is 0 Å². The third-order valence-corrected chi connectivity index (χ3v) is 2.99. The minimum atomic E-state index is -0.326. The molecular formula is C12H9N3O. The van der Waals surface area contributed by atoms with Gasteiger partial charge < -0.3 is 0 Å². The molecule has 1 heterocycles. The minimum absolute atomic E-state index is 0.326. The van der Waals surface area contributed by atoms with E-state index in [-0.39, 0.29) is 5.54 Å². The highest BCUT2D eigenvalue weighted by atomic mass is 16.1. The molecule has 16 heavy (non-hydrogen) atoms. The third kappa shape index (κ3) is 1.32. The van der Waals surface area contributed by atoms with Crippen molar-refractivity contribution >= 4 is 17.1 Å². The molecule has 0 unspecified atom stereocenters. The predicted octanol–water partition coefficient (Wildman–Crippen LogP) is 1.95. The Balaban J connectivity index is 2.15. The molecule has 0 aliphatic heterocycles. The van der Waals surface area contributed by atoms with Crippen LogP contribution in [-0.4, -0.2) is 16.0 Å². The second-order valence-electron chi connectivity index (χ2n) is 3.99. The predicted molar refractivity (Wildman–Crippen MR) is 58.6 cm³/mol. The van der Waals surface area contributed by atoms with Crippen molar-refractivity contribution in [2.45, 2.75) is 18.4 Å². The van der Waals surface area contributed by atoms with Crippen LogP contribution in [0.25, 0.3) is 11.0 Å². The van der Waals surface area contributed by atoms with Crippen LogP contribution in [0.5, 0.6) is 0 Å². The molecule has 1 aliphatic rings. The van der Waals surface area contributed by atoms with Gasteiger partial charge in [0, 0.05) is 12.4 Å². The van der Waals surface area contributed by atoms with Crippen LogP contribution in [-0.2, 0) is 10.3 Å². The molecule has 1 saturated carbocycles. The number of hydrogen-bond acceptors (Lipinski definition) is 4. The summed E-state index contributed by atoms with van der Waals surface area (Å²) in [5.74, 6) is 0. The fourth-order valence-corrected chi connectivity index (χ4v) is 1.92. The monoisotopic (exact) mass is 211 g/mol. The van der Waals surface area contributed by atoms with E-state index in [1.54, 1.807) is 18.5 Å². The number of fused-ring (bicyclic) bond motifs is 1. The zero-order chi connectivity index (χ0) is 11.0. The number of aliphatic imine (C=N–C) groups is 1. The van der Waals surface area contributed by atoms with Crippen molar-refractivity contribution < 1.29 is 4.79 Å². The molecule has 0 bridgehead atoms. The summed E-state index contributed by atoms with van der Waals surface area (Å²) in [6, 6.07) is 5.83. The molecule has 3 rings (SSSR count). The Morgan fingerprint density at radius 3 is 2.62 bits per heavy atom. The number of hydrogen-bond donors (Lipinski definition) is 0. The van der Waals surface area contributed by atoms with Crippen molar-refractivity contribution in [3.63, 3.8) is 0 Å². The van der Waals surface area contributed by atoms with Crippen LogP contribution < -0.4 is 0 Å². The van der Waals surface area contributed by atoms with Crippen molar-refractivity contribution in [1.82, 2.24) is 9.97 Å². The molecule has 0 spiro atoms. The van der Waals surface area contributed by atoms with Crippen molar-refractivity contribution in [1.29, 1.82) is 0 Å². The van der Waals surface area contributed by atoms with Gasteiger partial charge in [0.15, 0.2) is 0 Å². The number of nitrogens with zero attached hydrogens (tertiary/aromatic N) is 3. The lowest BCUT2D eigenvalue weighted by molar-refractivity contribution is 0.556. The molecule has 0 atom stereocenters. The van der Waals surface area contributed by atoms with Gasteiger partial charge in [-0.25, -0.2) is 4.79 Å². The average Bonchev–Trinajstić information content (AvgIpc) is 3.10. The first-order chi connectivity index (χ1) is 7.84. The molecule has 0 N–H and O–H groups in total. The topological polar surface area (TPSA) is 55.2 Å². The van der Waals surface area contributed by atoms with Crippen molar-refractivity contribution in [3.05, 3.63) is 36.2 Å². The van der Waals surface area contributed by atoms with Gasteiger partial charge in [-0.3, -0.25) is 9.97 Å². The summed E-state index contributed by atoms with van der Waals surface area (Å²) in [6.07, 6.45) is 6.80. The van der Waals surface area contributed by atoms with Gasteiger partial charge in [-0.1, -0.05) is 6.07 Å². The highest BCUT2D eigenvalue weighted by Gasteiger charge is 2.44. The number of isocyanates is 1. The quantitative estimate of drug-likeness (QED) is 0.563. The molecule has 1 aliphatic carbocycles. The summed E-state index contributed by atoms with van der Waals surface area (Å²) in [4.78, 5) is 22.7. The Morgan fingerprint density at radius 2 is 1.94 bits per heavy atom. The van der Waals surface area contributed by atoms with Crippen LogP contribution in [0.3, 0.4) is 0 Å². The maximum Gasteiger partial charge on any atom is 0.235 e. The van der Waals surface area contributed by atoms with Crippen LogP contribution in [0.15, 0.2) is 35.6 Å². The van der Waals surface area contributed by atoms with E-state index < -0.39 is 0 Å². The Labute approximate surface area is 92.1 Å². The summed E-state index contributed by atoms with van der Waals surface area (Å²) in [5, 5.41) is 0. The molecule has 78 valence electrons. The van der Waals surface area contributed by atoms with E-state index in [1.807, 2.05) is 18.2 Å². The average molecular weight is 211 g/mol. The molecular weight excluding hydrogens is 202 g/mol. The first kappa shape index (κ1) is 9.19. The normalized spacial score (nSPS) is 16.8. The Morgan fingerprint density at radius 1 is 1.19 bits per heavy atom. The zero-order valence-corrected chi connectivity index (χ0v) is 8.55. The zero-order valence-electron chi connectivity index (χ0n) is 8.55. The van der Waals surface area contributed by atoms with E-state index >= 15 is 0 Å². The molecule has 4 heteroatoms. The van der Waals surface area contributed by atoms with Crippen LogP contribution in [0.2, 0.25) is 0 Å². The summed E-state index contributed by atoms with van der Waals surface area (Å²) in [5.41, 5.74) is 2.40. The fraction of sp³-hybridized carbons (Fsp3) is 0.250. The Bertz CT molecular complexity index is 598. The maximum atomic E-state index is 10.4.